The van der Waals surface area contributed by atoms with Gasteiger partial charge in [0, 0.05) is 4.47 Å². The lowest BCUT2D eigenvalue weighted by atomic mass is 10.1. The molecule has 2 heteroatoms. The molecule has 1 aromatic carbocycles. The zero-order valence-electron chi connectivity index (χ0n) is 6.14. The van der Waals surface area contributed by atoms with Crippen LogP contribution in [0.5, 0.6) is 0 Å². The van der Waals surface area contributed by atoms with Gasteiger partial charge < -0.3 is 0 Å². The molecule has 1 aromatic rings. The van der Waals surface area contributed by atoms with Gasteiger partial charge in [0.2, 0.25) is 0 Å². The van der Waals surface area contributed by atoms with Crippen LogP contribution in [0.15, 0.2) is 27.7 Å². The molecule has 0 radical (unpaired) electrons. The molecule has 58 valence electrons. The summed E-state index contributed by atoms with van der Waals surface area (Å²) in [5, 5.41) is 0. The van der Waals surface area contributed by atoms with Gasteiger partial charge in [0.15, 0.2) is 0 Å². The molecule has 1 rings (SSSR count). The molecule has 0 spiro atoms. The summed E-state index contributed by atoms with van der Waals surface area (Å²) in [5.74, 6) is 0. The van der Waals surface area contributed by atoms with Crippen molar-refractivity contribution in [1.82, 2.24) is 0 Å². The predicted octanol–water partition coefficient (Wildman–Crippen LogP) is 4.12. The molecular formula is C9H8Br2. The molecule has 0 aromatic heterocycles. The summed E-state index contributed by atoms with van der Waals surface area (Å²) in [5.41, 5.74) is 2.45. The van der Waals surface area contributed by atoms with E-state index in [1.807, 2.05) is 11.1 Å². The molecule has 0 aliphatic rings. The molecule has 0 heterocycles. The Morgan fingerprint density at radius 2 is 2.09 bits per heavy atom. The molecular weight excluding hydrogens is 268 g/mol. The lowest BCUT2D eigenvalue weighted by Gasteiger charge is -1.98. The van der Waals surface area contributed by atoms with Crippen LogP contribution < -0.4 is 0 Å². The van der Waals surface area contributed by atoms with Gasteiger partial charge in [-0.1, -0.05) is 44.0 Å². The molecule has 0 fully saturated rings. The highest BCUT2D eigenvalue weighted by Gasteiger charge is 1.93. The average Bonchev–Trinajstić information content (AvgIpc) is 1.95. The van der Waals surface area contributed by atoms with Crippen LogP contribution in [-0.4, -0.2) is 0 Å². The van der Waals surface area contributed by atoms with Crippen LogP contribution in [-0.2, 0) is 0 Å². The first kappa shape index (κ1) is 9.01. The van der Waals surface area contributed by atoms with Gasteiger partial charge in [0.1, 0.15) is 0 Å². The zero-order chi connectivity index (χ0) is 8.27. The lowest BCUT2D eigenvalue weighted by Crippen LogP contribution is -1.76. The quantitative estimate of drug-likeness (QED) is 0.723. The van der Waals surface area contributed by atoms with Crippen molar-refractivity contribution in [2.24, 2.45) is 0 Å². The van der Waals surface area contributed by atoms with E-state index in [0.717, 1.165) is 4.47 Å². The minimum atomic E-state index is 1.13. The third-order valence-electron chi connectivity index (χ3n) is 1.40. The standard InChI is InChI=1S/C9H8Br2/c1-7-2-3-8(4-5-10)9(11)6-7/h2-6H,1H3/b5-4+. The van der Waals surface area contributed by atoms with Gasteiger partial charge in [-0.2, -0.15) is 0 Å². The smallest absolute Gasteiger partial charge is 0.0250 e. The molecule has 0 saturated carbocycles. The summed E-state index contributed by atoms with van der Waals surface area (Å²) in [6, 6.07) is 6.27. The van der Waals surface area contributed by atoms with Gasteiger partial charge in [-0.15, -0.1) is 0 Å². The van der Waals surface area contributed by atoms with Crippen LogP contribution in [0, 0.1) is 6.92 Å². The van der Waals surface area contributed by atoms with Gasteiger partial charge in [0.25, 0.3) is 0 Å². The van der Waals surface area contributed by atoms with Gasteiger partial charge in [0.05, 0.1) is 0 Å². The van der Waals surface area contributed by atoms with Crippen LogP contribution in [0.3, 0.4) is 0 Å². The fourth-order valence-electron chi connectivity index (χ4n) is 0.835. The molecule has 0 N–H and O–H groups in total. The van der Waals surface area contributed by atoms with E-state index in [0.29, 0.717) is 0 Å². The van der Waals surface area contributed by atoms with Crippen molar-refractivity contribution < 1.29 is 0 Å². The average molecular weight is 276 g/mol. The Kier molecular flexibility index (Phi) is 3.34. The second-order valence-corrected chi connectivity index (χ2v) is 3.70. The Morgan fingerprint density at radius 3 is 2.64 bits per heavy atom. The highest BCUT2D eigenvalue weighted by atomic mass is 79.9. The summed E-state index contributed by atoms with van der Waals surface area (Å²) in [4.78, 5) is 1.85. The first-order valence-corrected chi connectivity index (χ1v) is 4.98. The van der Waals surface area contributed by atoms with Gasteiger partial charge >= 0.3 is 0 Å². The van der Waals surface area contributed by atoms with Crippen molar-refractivity contribution in [3.63, 3.8) is 0 Å². The minimum absolute atomic E-state index is 1.13. The Morgan fingerprint density at radius 1 is 1.36 bits per heavy atom. The minimum Gasteiger partial charge on any atom is -0.0595 e. The summed E-state index contributed by atoms with van der Waals surface area (Å²) in [6.07, 6.45) is 2.00. The SMILES string of the molecule is Cc1ccc(/C=C/Br)c(Br)c1. The molecule has 0 aliphatic carbocycles. The molecule has 0 nitrogen and oxygen atoms in total. The molecule has 0 bridgehead atoms. The van der Waals surface area contributed by atoms with E-state index in [9.17, 15) is 0 Å². The van der Waals surface area contributed by atoms with Crippen molar-refractivity contribution >= 4 is 37.9 Å². The van der Waals surface area contributed by atoms with Crippen molar-refractivity contribution in [2.45, 2.75) is 6.92 Å². The number of hydrogen-bond donors (Lipinski definition) is 0. The third-order valence-corrected chi connectivity index (χ3v) is 2.35. The molecule has 0 saturated heterocycles. The number of benzene rings is 1. The monoisotopic (exact) mass is 274 g/mol. The molecule has 11 heavy (non-hydrogen) atoms. The summed E-state index contributed by atoms with van der Waals surface area (Å²) >= 11 is 6.71. The maximum atomic E-state index is 3.48. The Balaban J connectivity index is 3.09. The predicted molar refractivity (Wildman–Crippen MR) is 56.8 cm³/mol. The van der Waals surface area contributed by atoms with E-state index in [2.05, 4.69) is 57.0 Å². The van der Waals surface area contributed by atoms with Crippen molar-refractivity contribution in [3.05, 3.63) is 38.8 Å². The van der Waals surface area contributed by atoms with E-state index in [1.54, 1.807) is 0 Å². The van der Waals surface area contributed by atoms with Crippen molar-refractivity contribution in [1.29, 1.82) is 0 Å². The van der Waals surface area contributed by atoms with Crippen LogP contribution in [0.4, 0.5) is 0 Å². The maximum absolute atomic E-state index is 3.48. The molecule has 0 atom stereocenters. The summed E-state index contributed by atoms with van der Waals surface area (Å²) in [7, 11) is 0. The van der Waals surface area contributed by atoms with Gasteiger partial charge in [-0.3, -0.25) is 0 Å². The second kappa shape index (κ2) is 4.07. The zero-order valence-corrected chi connectivity index (χ0v) is 9.31. The highest BCUT2D eigenvalue weighted by Crippen LogP contribution is 2.19. The number of rotatable bonds is 1. The highest BCUT2D eigenvalue weighted by molar-refractivity contribution is 9.11. The first-order chi connectivity index (χ1) is 5.24. The fraction of sp³-hybridized carbons (Fsp3) is 0.111. The Labute approximate surface area is 83.6 Å². The topological polar surface area (TPSA) is 0 Å². The van der Waals surface area contributed by atoms with Crippen molar-refractivity contribution in [2.75, 3.05) is 0 Å². The van der Waals surface area contributed by atoms with E-state index in [-0.39, 0.29) is 0 Å². The largest absolute Gasteiger partial charge is 0.0595 e. The van der Waals surface area contributed by atoms with E-state index in [4.69, 9.17) is 0 Å². The van der Waals surface area contributed by atoms with Crippen LogP contribution in [0.2, 0.25) is 0 Å². The molecule has 0 aliphatic heterocycles. The molecule has 0 amide bonds. The third kappa shape index (κ3) is 2.46. The van der Waals surface area contributed by atoms with Gasteiger partial charge in [-0.25, -0.2) is 0 Å². The van der Waals surface area contributed by atoms with E-state index in [1.165, 1.54) is 11.1 Å². The van der Waals surface area contributed by atoms with E-state index >= 15 is 0 Å². The summed E-state index contributed by atoms with van der Waals surface area (Å²) < 4.78 is 1.13. The van der Waals surface area contributed by atoms with Crippen LogP contribution >= 0.6 is 31.9 Å². The molecule has 0 unspecified atom stereocenters. The van der Waals surface area contributed by atoms with Crippen LogP contribution in [0.1, 0.15) is 11.1 Å². The fourth-order valence-corrected chi connectivity index (χ4v) is 1.75. The number of aryl methyl sites for hydroxylation is 1. The Bertz CT molecular complexity index is 277. The summed E-state index contributed by atoms with van der Waals surface area (Å²) in [6.45, 7) is 2.08. The van der Waals surface area contributed by atoms with Crippen LogP contribution in [0.25, 0.3) is 6.08 Å². The van der Waals surface area contributed by atoms with Crippen molar-refractivity contribution in [3.8, 4) is 0 Å². The second-order valence-electron chi connectivity index (χ2n) is 2.32. The normalized spacial score (nSPS) is 10.8. The Hall–Kier alpha value is -0.0800. The lowest BCUT2D eigenvalue weighted by molar-refractivity contribution is 1.44. The maximum Gasteiger partial charge on any atom is 0.0250 e. The number of hydrogen-bond acceptors (Lipinski definition) is 0. The van der Waals surface area contributed by atoms with Gasteiger partial charge in [-0.05, 0) is 35.2 Å². The number of halogens is 2. The van der Waals surface area contributed by atoms with E-state index < -0.39 is 0 Å². The first-order valence-electron chi connectivity index (χ1n) is 3.27.